The topological polar surface area (TPSA) is 88.2 Å². The van der Waals surface area contributed by atoms with Crippen LogP contribution in [0.2, 0.25) is 0 Å². The summed E-state index contributed by atoms with van der Waals surface area (Å²) in [5, 5.41) is 10.4. The molecule has 2 unspecified atom stereocenters. The van der Waals surface area contributed by atoms with Crippen LogP contribution in [0.15, 0.2) is 60.7 Å². The largest absolute Gasteiger partial charge is 0.384 e. The number of amidine groups is 1. The van der Waals surface area contributed by atoms with Gasteiger partial charge in [0.05, 0.1) is 0 Å². The van der Waals surface area contributed by atoms with Crippen LogP contribution >= 0.6 is 0 Å². The molecule has 3 aromatic carbocycles. The summed E-state index contributed by atoms with van der Waals surface area (Å²) >= 11 is 0. The summed E-state index contributed by atoms with van der Waals surface area (Å²) in [7, 11) is 0. The SMILES string of the molecule is CC(C)c1ccc2c(c1)C1OC2c2ccc(C(=O)NCc3ccc(C(=N)N)cc3)cc21. The molecule has 31 heavy (non-hydrogen) atoms. The van der Waals surface area contributed by atoms with Crippen LogP contribution in [0.3, 0.4) is 0 Å². The Labute approximate surface area is 181 Å². The minimum atomic E-state index is -0.114. The molecule has 5 heteroatoms. The van der Waals surface area contributed by atoms with E-state index in [0.717, 1.165) is 16.7 Å². The lowest BCUT2D eigenvalue weighted by Gasteiger charge is -2.18. The second-order valence-corrected chi connectivity index (χ2v) is 8.58. The summed E-state index contributed by atoms with van der Waals surface area (Å²) < 4.78 is 6.28. The van der Waals surface area contributed by atoms with Gasteiger partial charge < -0.3 is 15.8 Å². The van der Waals surface area contributed by atoms with Crippen LogP contribution in [0.4, 0.5) is 0 Å². The number of hydrogen-bond donors (Lipinski definition) is 3. The highest BCUT2D eigenvalue weighted by Gasteiger charge is 2.43. The molecule has 0 saturated carbocycles. The third kappa shape index (κ3) is 3.31. The molecule has 2 heterocycles. The second kappa shape index (κ2) is 7.36. The molecule has 5 rings (SSSR count). The maximum absolute atomic E-state index is 12.8. The first kappa shape index (κ1) is 19.5. The van der Waals surface area contributed by atoms with Gasteiger partial charge in [0, 0.05) is 17.7 Å². The van der Waals surface area contributed by atoms with Crippen molar-refractivity contribution in [1.82, 2.24) is 5.32 Å². The second-order valence-electron chi connectivity index (χ2n) is 8.58. The summed E-state index contributed by atoms with van der Waals surface area (Å²) in [6.07, 6.45) is -0.131. The first-order valence-electron chi connectivity index (χ1n) is 10.6. The lowest BCUT2D eigenvalue weighted by Crippen LogP contribution is -2.23. The monoisotopic (exact) mass is 411 g/mol. The minimum absolute atomic E-state index is 0.0342. The molecule has 0 fully saturated rings. The van der Waals surface area contributed by atoms with Crippen LogP contribution in [-0.2, 0) is 11.3 Å². The van der Waals surface area contributed by atoms with Crippen molar-refractivity contribution < 1.29 is 9.53 Å². The summed E-state index contributed by atoms with van der Waals surface area (Å²) in [6, 6.07) is 19.8. The Bertz CT molecular complexity index is 1200. The fraction of sp³-hybridized carbons (Fsp3) is 0.231. The Morgan fingerprint density at radius 3 is 2.23 bits per heavy atom. The number of carbonyl (C=O) groups is 1. The number of hydrogen-bond acceptors (Lipinski definition) is 3. The van der Waals surface area contributed by atoms with Crippen LogP contribution in [-0.4, -0.2) is 11.7 Å². The maximum Gasteiger partial charge on any atom is 0.251 e. The number of carbonyl (C=O) groups excluding carboxylic acids is 1. The van der Waals surface area contributed by atoms with Crippen LogP contribution in [0.25, 0.3) is 0 Å². The number of fused-ring (bicyclic) bond motifs is 8. The molecule has 2 bridgehead atoms. The number of ether oxygens (including phenoxy) is 1. The molecule has 0 saturated heterocycles. The van der Waals surface area contributed by atoms with Gasteiger partial charge in [0.2, 0.25) is 0 Å². The molecule has 0 spiro atoms. The highest BCUT2D eigenvalue weighted by atomic mass is 16.5. The Balaban J connectivity index is 1.34. The maximum atomic E-state index is 12.8. The van der Waals surface area contributed by atoms with Crippen molar-refractivity contribution in [1.29, 1.82) is 5.41 Å². The number of amides is 1. The van der Waals surface area contributed by atoms with Gasteiger partial charge in [0.1, 0.15) is 18.0 Å². The number of nitrogen functional groups attached to an aromatic ring is 1. The predicted molar refractivity (Wildman–Crippen MR) is 120 cm³/mol. The molecule has 5 nitrogen and oxygen atoms in total. The normalized spacial score (nSPS) is 18.0. The van der Waals surface area contributed by atoms with E-state index in [1.807, 2.05) is 30.3 Å². The summed E-state index contributed by atoms with van der Waals surface area (Å²) in [5.41, 5.74) is 13.8. The number of nitrogens with one attached hydrogen (secondary N) is 2. The van der Waals surface area contributed by atoms with Crippen molar-refractivity contribution in [3.63, 3.8) is 0 Å². The van der Waals surface area contributed by atoms with Gasteiger partial charge >= 0.3 is 0 Å². The van der Waals surface area contributed by atoms with Gasteiger partial charge in [-0.15, -0.1) is 0 Å². The van der Waals surface area contributed by atoms with Crippen LogP contribution in [0, 0.1) is 5.41 Å². The Kier molecular flexibility index (Phi) is 4.63. The van der Waals surface area contributed by atoms with E-state index in [4.69, 9.17) is 15.9 Å². The van der Waals surface area contributed by atoms with Gasteiger partial charge in [-0.3, -0.25) is 10.2 Å². The van der Waals surface area contributed by atoms with Gasteiger partial charge in [-0.05, 0) is 51.4 Å². The first-order chi connectivity index (χ1) is 14.9. The van der Waals surface area contributed by atoms with Crippen molar-refractivity contribution in [2.24, 2.45) is 5.73 Å². The van der Waals surface area contributed by atoms with Crippen LogP contribution in [0.5, 0.6) is 0 Å². The number of benzene rings is 3. The molecule has 2 aliphatic rings. The Morgan fingerprint density at radius 1 is 0.935 bits per heavy atom. The summed E-state index contributed by atoms with van der Waals surface area (Å²) in [5.74, 6) is 0.384. The minimum Gasteiger partial charge on any atom is -0.384 e. The average molecular weight is 412 g/mol. The van der Waals surface area contributed by atoms with Gasteiger partial charge in [0.25, 0.3) is 5.91 Å². The van der Waals surface area contributed by atoms with E-state index in [-0.39, 0.29) is 24.0 Å². The van der Waals surface area contributed by atoms with E-state index in [1.54, 1.807) is 12.1 Å². The van der Waals surface area contributed by atoms with Crippen molar-refractivity contribution in [2.45, 2.75) is 38.5 Å². The van der Waals surface area contributed by atoms with Crippen molar-refractivity contribution >= 4 is 11.7 Å². The molecule has 0 aliphatic carbocycles. The van der Waals surface area contributed by atoms with E-state index in [9.17, 15) is 4.79 Å². The molecule has 3 aromatic rings. The third-order valence-corrected chi connectivity index (χ3v) is 6.25. The van der Waals surface area contributed by atoms with Gasteiger partial charge in [-0.2, -0.15) is 0 Å². The first-order valence-corrected chi connectivity index (χ1v) is 10.6. The van der Waals surface area contributed by atoms with Crippen LogP contribution in [0.1, 0.15) is 81.3 Å². The standard InChI is InChI=1S/C26H25N3O2/c1-14(2)17-7-9-19-21(11-17)24-22-12-18(8-10-20(22)23(19)31-24)26(30)29-13-15-3-5-16(6-4-15)25(27)28/h3-12,14,23-24H,13H2,1-2H3,(H3,27,28)(H,29,30). The van der Waals surface area contributed by atoms with E-state index in [1.165, 1.54) is 16.7 Å². The molecular weight excluding hydrogens is 386 g/mol. The lowest BCUT2D eigenvalue weighted by atomic mass is 9.83. The van der Waals surface area contributed by atoms with Gasteiger partial charge in [-0.1, -0.05) is 62.4 Å². The molecule has 156 valence electrons. The molecule has 2 atom stereocenters. The Morgan fingerprint density at radius 2 is 1.55 bits per heavy atom. The van der Waals surface area contributed by atoms with Crippen molar-refractivity contribution in [3.05, 3.63) is 105 Å². The fourth-order valence-corrected chi connectivity index (χ4v) is 4.45. The smallest absolute Gasteiger partial charge is 0.251 e. The van der Waals surface area contributed by atoms with Crippen LogP contribution < -0.4 is 11.1 Å². The molecule has 0 aromatic heterocycles. The summed E-state index contributed by atoms with van der Waals surface area (Å²) in [6.45, 7) is 4.80. The zero-order valence-electron chi connectivity index (χ0n) is 17.6. The zero-order chi connectivity index (χ0) is 21.7. The highest BCUT2D eigenvalue weighted by Crippen LogP contribution is 2.54. The summed E-state index contributed by atoms with van der Waals surface area (Å²) in [4.78, 5) is 12.8. The molecule has 4 N–H and O–H groups in total. The quantitative estimate of drug-likeness (QED) is 0.425. The molecular formula is C26H25N3O2. The zero-order valence-corrected chi connectivity index (χ0v) is 17.6. The number of rotatable bonds is 5. The predicted octanol–water partition coefficient (Wildman–Crippen LogP) is 4.55. The van der Waals surface area contributed by atoms with E-state index in [0.29, 0.717) is 23.6 Å². The van der Waals surface area contributed by atoms with Gasteiger partial charge in [-0.25, -0.2) is 0 Å². The fourth-order valence-electron chi connectivity index (χ4n) is 4.45. The van der Waals surface area contributed by atoms with Crippen molar-refractivity contribution in [3.8, 4) is 0 Å². The average Bonchev–Trinajstić information content (AvgIpc) is 3.34. The molecule has 0 radical (unpaired) electrons. The Hall–Kier alpha value is -3.44. The van der Waals surface area contributed by atoms with Gasteiger partial charge in [0.15, 0.2) is 0 Å². The van der Waals surface area contributed by atoms with E-state index < -0.39 is 0 Å². The third-order valence-electron chi connectivity index (χ3n) is 6.25. The van der Waals surface area contributed by atoms with E-state index in [2.05, 4.69) is 37.4 Å². The number of nitrogens with two attached hydrogens (primary N) is 1. The molecule has 2 aliphatic heterocycles. The molecule has 1 amide bonds. The lowest BCUT2D eigenvalue weighted by molar-refractivity contribution is 0.0857. The highest BCUT2D eigenvalue weighted by molar-refractivity contribution is 5.95. The van der Waals surface area contributed by atoms with Crippen molar-refractivity contribution in [2.75, 3.05) is 0 Å². The van der Waals surface area contributed by atoms with E-state index >= 15 is 0 Å².